The van der Waals surface area contributed by atoms with E-state index in [2.05, 4.69) is 4.98 Å². The van der Waals surface area contributed by atoms with Crippen LogP contribution in [0.2, 0.25) is 0 Å². The highest BCUT2D eigenvalue weighted by atomic mass is 19.1. The monoisotopic (exact) mass is 191 g/mol. The third-order valence-electron chi connectivity index (χ3n) is 2.29. The van der Waals surface area contributed by atoms with E-state index in [-0.39, 0.29) is 5.82 Å². The molecule has 0 spiro atoms. The second kappa shape index (κ2) is 3.25. The van der Waals surface area contributed by atoms with Gasteiger partial charge in [0.1, 0.15) is 17.1 Å². The Morgan fingerprint density at radius 3 is 2.86 bits per heavy atom. The minimum atomic E-state index is -0.286. The lowest BCUT2D eigenvalue weighted by Gasteiger charge is -2.06. The normalized spacial score (nSPS) is 10.5. The summed E-state index contributed by atoms with van der Waals surface area (Å²) in [6, 6.07) is 5.48. The third kappa shape index (κ3) is 1.21. The molecule has 0 aliphatic heterocycles. The molecule has 0 radical (unpaired) electrons. The van der Waals surface area contributed by atoms with Gasteiger partial charge in [-0.15, -0.1) is 0 Å². The molecule has 0 unspecified atom stereocenters. The molecule has 0 atom stereocenters. The van der Waals surface area contributed by atoms with E-state index in [0.717, 1.165) is 5.39 Å². The number of methoxy groups -OCH3 is 1. The Kier molecular flexibility index (Phi) is 2.08. The van der Waals surface area contributed by atoms with Gasteiger partial charge in [0.2, 0.25) is 0 Å². The number of aryl methyl sites for hydroxylation is 1. The molecular formula is C11H10FNO. The summed E-state index contributed by atoms with van der Waals surface area (Å²) in [5.74, 6) is 0.386. The Balaban J connectivity index is 2.86. The Labute approximate surface area is 81.3 Å². The number of nitrogens with zero attached hydrogens (tertiary/aromatic N) is 1. The molecule has 0 saturated heterocycles. The van der Waals surface area contributed by atoms with Crippen molar-refractivity contribution < 1.29 is 9.13 Å². The molecule has 0 saturated carbocycles. The van der Waals surface area contributed by atoms with E-state index in [9.17, 15) is 4.39 Å². The maximum absolute atomic E-state index is 13.2. The molecule has 3 heteroatoms. The molecular weight excluding hydrogens is 181 g/mol. The second-order valence-electron chi connectivity index (χ2n) is 3.09. The van der Waals surface area contributed by atoms with E-state index in [0.29, 0.717) is 16.8 Å². The number of ether oxygens (including phenoxy) is 1. The van der Waals surface area contributed by atoms with Crippen molar-refractivity contribution in [3.8, 4) is 5.75 Å². The number of hydrogen-bond donors (Lipinski definition) is 0. The van der Waals surface area contributed by atoms with Gasteiger partial charge in [-0.2, -0.15) is 0 Å². The minimum absolute atomic E-state index is 0.286. The van der Waals surface area contributed by atoms with E-state index >= 15 is 0 Å². The van der Waals surface area contributed by atoms with Crippen molar-refractivity contribution in [2.45, 2.75) is 6.92 Å². The van der Waals surface area contributed by atoms with Crippen LogP contribution in [0.1, 0.15) is 5.56 Å². The Morgan fingerprint density at radius 1 is 1.36 bits per heavy atom. The number of halogens is 1. The van der Waals surface area contributed by atoms with Crippen molar-refractivity contribution in [2.24, 2.45) is 0 Å². The quantitative estimate of drug-likeness (QED) is 0.691. The van der Waals surface area contributed by atoms with Crippen LogP contribution in [0.3, 0.4) is 0 Å². The van der Waals surface area contributed by atoms with Crippen LogP contribution < -0.4 is 4.74 Å². The molecule has 1 aromatic carbocycles. The van der Waals surface area contributed by atoms with Gasteiger partial charge in [0.25, 0.3) is 0 Å². The molecule has 2 rings (SSSR count). The molecule has 1 aromatic heterocycles. The maximum Gasteiger partial charge on any atom is 0.145 e. The first-order valence-electron chi connectivity index (χ1n) is 4.32. The first-order valence-corrected chi connectivity index (χ1v) is 4.32. The molecule has 0 aliphatic rings. The molecule has 72 valence electrons. The van der Waals surface area contributed by atoms with E-state index in [1.807, 2.05) is 18.2 Å². The summed E-state index contributed by atoms with van der Waals surface area (Å²) >= 11 is 0. The lowest BCUT2D eigenvalue weighted by atomic mass is 10.1. The summed E-state index contributed by atoms with van der Waals surface area (Å²) < 4.78 is 18.3. The number of fused-ring (bicyclic) bond motifs is 1. The zero-order valence-corrected chi connectivity index (χ0v) is 8.04. The molecule has 2 aromatic rings. The summed E-state index contributed by atoms with van der Waals surface area (Å²) in [6.07, 6.45) is 1.22. The summed E-state index contributed by atoms with van der Waals surface area (Å²) in [6.45, 7) is 1.73. The SMILES string of the molecule is COc1cccc2c(C)c(F)cnc12. The fraction of sp³-hybridized carbons (Fsp3) is 0.182. The summed E-state index contributed by atoms with van der Waals surface area (Å²) in [7, 11) is 1.58. The van der Waals surface area contributed by atoms with Crippen molar-refractivity contribution in [1.29, 1.82) is 0 Å². The molecule has 0 fully saturated rings. The molecule has 0 N–H and O–H groups in total. The fourth-order valence-electron chi connectivity index (χ4n) is 1.47. The van der Waals surface area contributed by atoms with Crippen molar-refractivity contribution in [3.63, 3.8) is 0 Å². The molecule has 0 amide bonds. The standard InChI is InChI=1S/C11H10FNO/c1-7-8-4-3-5-10(14-2)11(8)13-6-9(7)12/h3-6H,1-2H3. The fourth-order valence-corrected chi connectivity index (χ4v) is 1.47. The highest BCUT2D eigenvalue weighted by Crippen LogP contribution is 2.26. The molecule has 14 heavy (non-hydrogen) atoms. The topological polar surface area (TPSA) is 22.1 Å². The van der Waals surface area contributed by atoms with Crippen LogP contribution in [0.25, 0.3) is 10.9 Å². The lowest BCUT2D eigenvalue weighted by Crippen LogP contribution is -1.91. The van der Waals surface area contributed by atoms with Gasteiger partial charge in [-0.1, -0.05) is 12.1 Å². The highest BCUT2D eigenvalue weighted by Gasteiger charge is 2.07. The van der Waals surface area contributed by atoms with Crippen LogP contribution >= 0.6 is 0 Å². The predicted octanol–water partition coefficient (Wildman–Crippen LogP) is 2.69. The van der Waals surface area contributed by atoms with Crippen LogP contribution in [0.4, 0.5) is 4.39 Å². The number of aromatic nitrogens is 1. The van der Waals surface area contributed by atoms with E-state index in [4.69, 9.17) is 4.74 Å². The highest BCUT2D eigenvalue weighted by molar-refractivity contribution is 5.87. The summed E-state index contributed by atoms with van der Waals surface area (Å²) in [4.78, 5) is 4.01. The smallest absolute Gasteiger partial charge is 0.145 e. The average Bonchev–Trinajstić information content (AvgIpc) is 2.23. The zero-order valence-electron chi connectivity index (χ0n) is 8.04. The largest absolute Gasteiger partial charge is 0.494 e. The average molecular weight is 191 g/mol. The number of hydrogen-bond acceptors (Lipinski definition) is 2. The number of para-hydroxylation sites is 1. The van der Waals surface area contributed by atoms with Gasteiger partial charge in [-0.25, -0.2) is 9.37 Å². The molecule has 1 heterocycles. The van der Waals surface area contributed by atoms with Crippen LogP contribution in [0.15, 0.2) is 24.4 Å². The van der Waals surface area contributed by atoms with Crippen LogP contribution in [0, 0.1) is 12.7 Å². The van der Waals surface area contributed by atoms with E-state index in [1.165, 1.54) is 6.20 Å². The van der Waals surface area contributed by atoms with Gasteiger partial charge in [0.05, 0.1) is 13.3 Å². The number of rotatable bonds is 1. The van der Waals surface area contributed by atoms with Crippen molar-refractivity contribution >= 4 is 10.9 Å². The van der Waals surface area contributed by atoms with Gasteiger partial charge in [0, 0.05) is 5.39 Å². The molecule has 0 aliphatic carbocycles. The lowest BCUT2D eigenvalue weighted by molar-refractivity contribution is 0.418. The van der Waals surface area contributed by atoms with Gasteiger partial charge >= 0.3 is 0 Å². The number of benzene rings is 1. The Morgan fingerprint density at radius 2 is 2.14 bits per heavy atom. The van der Waals surface area contributed by atoms with Gasteiger partial charge in [-0.3, -0.25) is 0 Å². The maximum atomic E-state index is 13.2. The first kappa shape index (κ1) is 8.94. The van der Waals surface area contributed by atoms with E-state index in [1.54, 1.807) is 14.0 Å². The van der Waals surface area contributed by atoms with Crippen LogP contribution in [-0.4, -0.2) is 12.1 Å². The van der Waals surface area contributed by atoms with E-state index < -0.39 is 0 Å². The van der Waals surface area contributed by atoms with Crippen LogP contribution in [0.5, 0.6) is 5.75 Å². The van der Waals surface area contributed by atoms with Crippen LogP contribution in [-0.2, 0) is 0 Å². The summed E-state index contributed by atoms with van der Waals surface area (Å²) in [5, 5.41) is 0.796. The Hall–Kier alpha value is -1.64. The van der Waals surface area contributed by atoms with Crippen molar-refractivity contribution in [3.05, 3.63) is 35.8 Å². The van der Waals surface area contributed by atoms with Gasteiger partial charge < -0.3 is 4.74 Å². The minimum Gasteiger partial charge on any atom is -0.494 e. The second-order valence-corrected chi connectivity index (χ2v) is 3.09. The number of pyridine rings is 1. The summed E-state index contributed by atoms with van der Waals surface area (Å²) in [5.41, 5.74) is 1.31. The van der Waals surface area contributed by atoms with Crippen molar-refractivity contribution in [2.75, 3.05) is 7.11 Å². The zero-order chi connectivity index (χ0) is 10.1. The van der Waals surface area contributed by atoms with Gasteiger partial charge in [0.15, 0.2) is 0 Å². The Bertz CT molecular complexity index is 482. The first-order chi connectivity index (χ1) is 6.74. The molecule has 0 bridgehead atoms. The predicted molar refractivity (Wildman–Crippen MR) is 53.0 cm³/mol. The van der Waals surface area contributed by atoms with Gasteiger partial charge in [-0.05, 0) is 18.6 Å². The van der Waals surface area contributed by atoms with Crippen molar-refractivity contribution in [1.82, 2.24) is 4.98 Å². The molecule has 2 nitrogen and oxygen atoms in total. The third-order valence-corrected chi connectivity index (χ3v) is 2.29.